The van der Waals surface area contributed by atoms with Crippen molar-refractivity contribution in [2.75, 3.05) is 0 Å². The Morgan fingerprint density at radius 2 is 0.980 bits per heavy atom. The van der Waals surface area contributed by atoms with Gasteiger partial charge in [0.2, 0.25) is 0 Å². The summed E-state index contributed by atoms with van der Waals surface area (Å²) < 4.78 is 121. The molecule has 9 aromatic carbocycles. The van der Waals surface area contributed by atoms with Gasteiger partial charge in [-0.1, -0.05) is 157 Å². The Bertz CT molecular complexity index is 3490. The van der Waals surface area contributed by atoms with Crippen LogP contribution in [0.1, 0.15) is 17.8 Å². The van der Waals surface area contributed by atoms with E-state index in [-0.39, 0.29) is 43.8 Å². The molecule has 228 valence electrons. The van der Waals surface area contributed by atoms with Gasteiger partial charge in [-0.05, 0) is 95.7 Å². The lowest BCUT2D eigenvalue weighted by Crippen LogP contribution is -1.91. The molecule has 0 aliphatic carbocycles. The van der Waals surface area contributed by atoms with Crippen molar-refractivity contribution in [3.8, 4) is 44.5 Å². The van der Waals surface area contributed by atoms with E-state index in [2.05, 4.69) is 6.07 Å². The maximum atomic E-state index is 9.46. The molecule has 0 spiro atoms. The topological polar surface area (TPSA) is 13.1 Å². The summed E-state index contributed by atoms with van der Waals surface area (Å²) in [6.07, 6.45) is 0. The van der Waals surface area contributed by atoms with Gasteiger partial charge < -0.3 is 4.42 Å². The van der Waals surface area contributed by atoms with Crippen molar-refractivity contribution in [1.82, 2.24) is 0 Å². The monoisotopic (exact) mass is 635 g/mol. The van der Waals surface area contributed by atoms with Gasteiger partial charge >= 0.3 is 0 Å². The zero-order valence-corrected chi connectivity index (χ0v) is 25.7. The van der Waals surface area contributed by atoms with Gasteiger partial charge in [0.15, 0.2) is 0 Å². The van der Waals surface area contributed by atoms with Crippen LogP contribution >= 0.6 is 0 Å². The molecule has 0 aliphatic rings. The predicted octanol–water partition coefficient (Wildman–Crippen LogP) is 13.7. The zero-order chi connectivity index (χ0) is 43.6. The number of rotatable bonds is 4. The van der Waals surface area contributed by atoms with Gasteiger partial charge in [-0.25, -0.2) is 0 Å². The minimum absolute atomic E-state index is 0.0165. The predicted molar refractivity (Wildman–Crippen MR) is 208 cm³/mol. The Kier molecular flexibility index (Phi) is 3.99. The molecule has 0 aliphatic heterocycles. The lowest BCUT2D eigenvalue weighted by molar-refractivity contribution is 0.673. The fourth-order valence-electron chi connectivity index (χ4n) is 7.01. The van der Waals surface area contributed by atoms with Gasteiger partial charge in [0, 0.05) is 16.2 Å². The largest absolute Gasteiger partial charge is 0.455 e. The first-order chi connectivity index (χ1) is 29.7. The van der Waals surface area contributed by atoms with Gasteiger partial charge in [-0.3, -0.25) is 0 Å². The SMILES string of the molecule is [2H]c1c([2H])c([2H])c(-c2ccc(-c3c4c([2H])c([2H])c([2H])c([2H])c4c(-c4cccc5oc6c7ccc(-c8ccccc8)cc7ccc6c45)c4c([2H])c([2H])c([2H])c([2H])c34)cc2)c([2H])c1[2H]. The standard InChI is InChI=1S/C48H30O/c1-3-12-31(13-4-1)33-22-24-34(25-23-33)45-38-16-7-9-18-40(38)46(41-19-10-8-17-39(41)45)42-20-11-21-44-47(42)43-29-27-36-30-35(32-14-5-2-6-15-32)26-28-37(36)48(43)49-44/h1-30H/i1D,3D,4D,7D,8D,9D,10D,12D,13D,16D,17D,18D,19D. The first-order valence-electron chi connectivity index (χ1n) is 22.3. The third-order valence-corrected chi connectivity index (χ3v) is 9.19. The number of benzene rings is 9. The molecule has 0 atom stereocenters. The van der Waals surface area contributed by atoms with Crippen LogP contribution in [0.3, 0.4) is 0 Å². The summed E-state index contributed by atoms with van der Waals surface area (Å²) in [6.45, 7) is 0. The van der Waals surface area contributed by atoms with E-state index in [9.17, 15) is 5.48 Å². The first kappa shape index (κ1) is 17.6. The number of hydrogen-bond acceptors (Lipinski definition) is 1. The fraction of sp³-hybridized carbons (Fsp3) is 0. The third kappa shape index (κ3) is 4.40. The molecule has 0 radical (unpaired) electrons. The summed E-state index contributed by atoms with van der Waals surface area (Å²) in [7, 11) is 0. The van der Waals surface area contributed by atoms with Gasteiger partial charge in [0.1, 0.15) is 11.2 Å². The molecule has 49 heavy (non-hydrogen) atoms. The number of furan rings is 1. The summed E-state index contributed by atoms with van der Waals surface area (Å²) in [5.74, 6) is 0. The Balaban J connectivity index is 1.32. The maximum Gasteiger partial charge on any atom is 0.143 e. The normalized spacial score (nSPS) is 15.4. The van der Waals surface area contributed by atoms with Crippen molar-refractivity contribution in [2.24, 2.45) is 0 Å². The van der Waals surface area contributed by atoms with Crippen molar-refractivity contribution in [2.45, 2.75) is 0 Å². The van der Waals surface area contributed by atoms with E-state index in [0.717, 1.165) is 21.9 Å². The Morgan fingerprint density at radius 1 is 0.388 bits per heavy atom. The van der Waals surface area contributed by atoms with Crippen LogP contribution in [0.25, 0.3) is 98.8 Å². The summed E-state index contributed by atoms with van der Waals surface area (Å²) in [5.41, 5.74) is 4.42. The smallest absolute Gasteiger partial charge is 0.143 e. The lowest BCUT2D eigenvalue weighted by Gasteiger charge is -2.18. The molecule has 1 heterocycles. The van der Waals surface area contributed by atoms with Crippen LogP contribution in [-0.4, -0.2) is 0 Å². The molecule has 1 heteroatoms. The molecule has 0 saturated heterocycles. The van der Waals surface area contributed by atoms with Crippen molar-refractivity contribution >= 4 is 54.3 Å². The quantitative estimate of drug-likeness (QED) is 0.175. The number of fused-ring (bicyclic) bond motifs is 7. The fourth-order valence-corrected chi connectivity index (χ4v) is 7.01. The highest BCUT2D eigenvalue weighted by molar-refractivity contribution is 6.27. The average Bonchev–Trinajstić information content (AvgIpc) is 3.69. The summed E-state index contributed by atoms with van der Waals surface area (Å²) in [6, 6.07) is 25.3. The van der Waals surface area contributed by atoms with Crippen molar-refractivity contribution in [3.05, 3.63) is 182 Å². The maximum absolute atomic E-state index is 9.46. The second-order valence-electron chi connectivity index (χ2n) is 11.9. The zero-order valence-electron chi connectivity index (χ0n) is 38.7. The van der Waals surface area contributed by atoms with Gasteiger partial charge in [-0.2, -0.15) is 0 Å². The first-order valence-corrected chi connectivity index (χ1v) is 15.8. The van der Waals surface area contributed by atoms with Crippen molar-refractivity contribution in [3.63, 3.8) is 0 Å². The highest BCUT2D eigenvalue weighted by Crippen LogP contribution is 2.47. The molecule has 0 bridgehead atoms. The van der Waals surface area contributed by atoms with Gasteiger partial charge in [0.25, 0.3) is 0 Å². The highest BCUT2D eigenvalue weighted by atomic mass is 16.3. The summed E-state index contributed by atoms with van der Waals surface area (Å²) >= 11 is 0. The second kappa shape index (κ2) is 11.1. The molecule has 0 N–H and O–H groups in total. The van der Waals surface area contributed by atoms with Crippen LogP contribution in [0.5, 0.6) is 0 Å². The molecule has 0 fully saturated rings. The van der Waals surface area contributed by atoms with E-state index in [4.69, 9.17) is 16.8 Å². The van der Waals surface area contributed by atoms with E-state index in [1.165, 1.54) is 12.1 Å². The van der Waals surface area contributed by atoms with Crippen LogP contribution in [0.4, 0.5) is 0 Å². The Hall–Kier alpha value is -6.44. The van der Waals surface area contributed by atoms with Crippen LogP contribution in [-0.2, 0) is 0 Å². The molecule has 10 rings (SSSR count). The summed E-state index contributed by atoms with van der Waals surface area (Å²) in [5, 5.41) is 3.17. The number of hydrogen-bond donors (Lipinski definition) is 0. The molecule has 10 aromatic rings. The molecule has 0 amide bonds. The van der Waals surface area contributed by atoms with Crippen molar-refractivity contribution < 1.29 is 22.2 Å². The Labute approximate surface area is 302 Å². The van der Waals surface area contributed by atoms with E-state index < -0.39 is 78.6 Å². The Morgan fingerprint density at radius 3 is 1.69 bits per heavy atom. The molecule has 0 unspecified atom stereocenters. The van der Waals surface area contributed by atoms with Crippen molar-refractivity contribution in [1.29, 1.82) is 0 Å². The second-order valence-corrected chi connectivity index (χ2v) is 11.9. The lowest BCUT2D eigenvalue weighted by atomic mass is 9.84. The van der Waals surface area contributed by atoms with E-state index in [1.807, 2.05) is 54.6 Å². The molecule has 0 saturated carbocycles. The minimum atomic E-state index is -0.543. The molecule has 1 aromatic heterocycles. The van der Waals surface area contributed by atoms with Gasteiger partial charge in [-0.15, -0.1) is 0 Å². The third-order valence-electron chi connectivity index (χ3n) is 9.19. The summed E-state index contributed by atoms with van der Waals surface area (Å²) in [4.78, 5) is 0. The van der Waals surface area contributed by atoms with E-state index >= 15 is 0 Å². The van der Waals surface area contributed by atoms with Crippen LogP contribution in [0, 0.1) is 0 Å². The van der Waals surface area contributed by atoms with Gasteiger partial charge in [0.05, 0.1) is 17.8 Å². The van der Waals surface area contributed by atoms with E-state index in [1.54, 1.807) is 30.3 Å². The molecular formula is C48H30O. The molecular weight excluding hydrogens is 593 g/mol. The van der Waals surface area contributed by atoms with Crippen LogP contribution in [0.15, 0.2) is 186 Å². The highest BCUT2D eigenvalue weighted by Gasteiger charge is 2.21. The molecule has 1 nitrogen and oxygen atoms in total. The van der Waals surface area contributed by atoms with Crippen LogP contribution in [0.2, 0.25) is 0 Å². The minimum Gasteiger partial charge on any atom is -0.455 e. The van der Waals surface area contributed by atoms with E-state index in [0.29, 0.717) is 33.1 Å². The van der Waals surface area contributed by atoms with Crippen LogP contribution < -0.4 is 0 Å². The average molecular weight is 636 g/mol.